The van der Waals surface area contributed by atoms with Crippen molar-refractivity contribution in [2.45, 2.75) is 51.2 Å². The van der Waals surface area contributed by atoms with Crippen LogP contribution in [0.4, 0.5) is 0 Å². The summed E-state index contributed by atoms with van der Waals surface area (Å²) in [4.78, 5) is 48.6. The molecule has 0 unspecified atom stereocenters. The Labute approximate surface area is 188 Å². The van der Waals surface area contributed by atoms with Crippen molar-refractivity contribution in [3.8, 4) is 0 Å². The molecule has 0 spiro atoms. The van der Waals surface area contributed by atoms with Crippen molar-refractivity contribution in [2.24, 2.45) is 11.7 Å². The number of carbonyl (C=O) groups excluding carboxylic acids is 4. The Bertz CT molecular complexity index is 715. The summed E-state index contributed by atoms with van der Waals surface area (Å²) in [7, 11) is 0. The molecule has 5 N–H and O–H groups in total. The van der Waals surface area contributed by atoms with Gasteiger partial charge >= 0.3 is 0 Å². The standard InChI is InChI=1S/C22H34N4O4S/c1-15(2)13-17(23)20(28)26-19(14-16-7-5-4-6-8-16)22(30)25-18(9-12-31-3)21(29)24-10-11-27/h4-8,11,15,17-19H,9-10,12-14,23H2,1-3H3,(H,24,29)(H,25,30)(H,26,28)/t17-,18-,19-/m0/s1. The minimum absolute atomic E-state index is 0.126. The molecular weight excluding hydrogens is 416 g/mol. The molecule has 0 bridgehead atoms. The van der Waals surface area contributed by atoms with Crippen molar-refractivity contribution < 1.29 is 19.2 Å². The summed E-state index contributed by atoms with van der Waals surface area (Å²) in [6, 6.07) is 6.88. The number of benzene rings is 1. The predicted molar refractivity (Wildman–Crippen MR) is 124 cm³/mol. The average Bonchev–Trinajstić information content (AvgIpc) is 2.74. The minimum Gasteiger partial charge on any atom is -0.348 e. The fourth-order valence-electron chi connectivity index (χ4n) is 3.00. The molecule has 0 saturated heterocycles. The molecule has 0 saturated carbocycles. The molecule has 9 heteroatoms. The highest BCUT2D eigenvalue weighted by Crippen LogP contribution is 2.08. The lowest BCUT2D eigenvalue weighted by atomic mass is 10.0. The molecule has 0 aromatic heterocycles. The molecule has 3 atom stereocenters. The molecule has 0 fully saturated rings. The fraction of sp³-hybridized carbons (Fsp3) is 0.545. The summed E-state index contributed by atoms with van der Waals surface area (Å²) in [6.45, 7) is 3.81. The van der Waals surface area contributed by atoms with Gasteiger partial charge in [0.15, 0.2) is 0 Å². The molecule has 172 valence electrons. The van der Waals surface area contributed by atoms with Crippen molar-refractivity contribution in [3.63, 3.8) is 0 Å². The number of thioether (sulfide) groups is 1. The molecule has 8 nitrogen and oxygen atoms in total. The molecule has 0 heterocycles. The first-order valence-corrected chi connectivity index (χ1v) is 11.8. The smallest absolute Gasteiger partial charge is 0.243 e. The molecule has 1 aromatic rings. The van der Waals surface area contributed by atoms with Gasteiger partial charge in [-0.15, -0.1) is 0 Å². The van der Waals surface area contributed by atoms with E-state index in [9.17, 15) is 19.2 Å². The number of hydrogen-bond acceptors (Lipinski definition) is 6. The maximum absolute atomic E-state index is 13.1. The predicted octanol–water partition coefficient (Wildman–Crippen LogP) is 0.640. The van der Waals surface area contributed by atoms with E-state index in [0.29, 0.717) is 24.9 Å². The van der Waals surface area contributed by atoms with Crippen LogP contribution in [0.1, 0.15) is 32.3 Å². The lowest BCUT2D eigenvalue weighted by Crippen LogP contribution is -2.56. The molecule has 1 rings (SSSR count). The van der Waals surface area contributed by atoms with Crippen molar-refractivity contribution >= 4 is 35.8 Å². The highest BCUT2D eigenvalue weighted by atomic mass is 32.2. The summed E-state index contributed by atoms with van der Waals surface area (Å²) in [5.41, 5.74) is 6.85. The first kappa shape index (κ1) is 26.6. The highest BCUT2D eigenvalue weighted by Gasteiger charge is 2.28. The zero-order chi connectivity index (χ0) is 23.2. The molecule has 1 aromatic carbocycles. The van der Waals surface area contributed by atoms with E-state index in [-0.39, 0.29) is 18.9 Å². The number of rotatable bonds is 14. The zero-order valence-electron chi connectivity index (χ0n) is 18.4. The summed E-state index contributed by atoms with van der Waals surface area (Å²) >= 11 is 1.54. The SMILES string of the molecule is CSCC[C@H](NC(=O)[C@H](Cc1ccccc1)NC(=O)[C@@H](N)CC(C)C)C(=O)NCC=O. The van der Waals surface area contributed by atoms with Gasteiger partial charge in [-0.25, -0.2) is 0 Å². The van der Waals surface area contributed by atoms with Crippen molar-refractivity contribution in [1.29, 1.82) is 0 Å². The third-order valence-corrected chi connectivity index (χ3v) is 5.22. The minimum atomic E-state index is -0.885. The molecule has 0 radical (unpaired) electrons. The molecule has 3 amide bonds. The first-order chi connectivity index (χ1) is 14.8. The Kier molecular flexibility index (Phi) is 12.5. The quantitative estimate of drug-likeness (QED) is 0.308. The number of hydrogen-bond donors (Lipinski definition) is 4. The average molecular weight is 451 g/mol. The van der Waals surface area contributed by atoms with Crippen LogP contribution >= 0.6 is 11.8 Å². The van der Waals surface area contributed by atoms with Gasteiger partial charge in [0.25, 0.3) is 0 Å². The normalized spacial score (nSPS) is 13.7. The van der Waals surface area contributed by atoms with Gasteiger partial charge in [0.2, 0.25) is 17.7 Å². The Morgan fingerprint density at radius 1 is 1.03 bits per heavy atom. The number of aldehydes is 1. The van der Waals surface area contributed by atoms with Crippen LogP contribution in [0.5, 0.6) is 0 Å². The van der Waals surface area contributed by atoms with E-state index < -0.39 is 35.8 Å². The maximum Gasteiger partial charge on any atom is 0.243 e. The van der Waals surface area contributed by atoms with E-state index in [1.165, 1.54) is 0 Å². The van der Waals surface area contributed by atoms with Gasteiger partial charge in [-0.1, -0.05) is 44.2 Å². The summed E-state index contributed by atoms with van der Waals surface area (Å²) in [5, 5.41) is 7.95. The second-order valence-electron chi connectivity index (χ2n) is 7.74. The number of carbonyl (C=O) groups is 4. The second kappa shape index (κ2) is 14.6. The van der Waals surface area contributed by atoms with Crippen molar-refractivity contribution in [1.82, 2.24) is 16.0 Å². The van der Waals surface area contributed by atoms with Crippen LogP contribution in [0.25, 0.3) is 0 Å². The zero-order valence-corrected chi connectivity index (χ0v) is 19.2. The largest absolute Gasteiger partial charge is 0.348 e. The summed E-state index contributed by atoms with van der Waals surface area (Å²) < 4.78 is 0. The molecule has 0 aliphatic heterocycles. The van der Waals surface area contributed by atoms with Crippen LogP contribution in [0, 0.1) is 5.92 Å². The van der Waals surface area contributed by atoms with Gasteiger partial charge in [0.05, 0.1) is 12.6 Å². The van der Waals surface area contributed by atoms with Gasteiger partial charge in [0.1, 0.15) is 18.4 Å². The molecule has 31 heavy (non-hydrogen) atoms. The van der Waals surface area contributed by atoms with Crippen molar-refractivity contribution in [2.75, 3.05) is 18.6 Å². The lowest BCUT2D eigenvalue weighted by molar-refractivity contribution is -0.132. The monoisotopic (exact) mass is 450 g/mol. The van der Waals surface area contributed by atoms with E-state index in [1.54, 1.807) is 11.8 Å². The fourth-order valence-corrected chi connectivity index (χ4v) is 3.47. The third kappa shape index (κ3) is 10.5. The van der Waals surface area contributed by atoms with E-state index in [4.69, 9.17) is 5.73 Å². The van der Waals surface area contributed by atoms with E-state index in [2.05, 4.69) is 16.0 Å². The second-order valence-corrected chi connectivity index (χ2v) is 8.73. The summed E-state index contributed by atoms with van der Waals surface area (Å²) in [5.74, 6) is -0.429. The van der Waals surface area contributed by atoms with Crippen LogP contribution in [-0.4, -0.2) is 60.7 Å². The van der Waals surface area contributed by atoms with Crippen LogP contribution in [0.2, 0.25) is 0 Å². The number of nitrogens with two attached hydrogens (primary N) is 1. The highest BCUT2D eigenvalue weighted by molar-refractivity contribution is 7.98. The number of amides is 3. The van der Waals surface area contributed by atoms with Gasteiger partial charge < -0.3 is 26.5 Å². The third-order valence-electron chi connectivity index (χ3n) is 4.58. The van der Waals surface area contributed by atoms with Crippen LogP contribution < -0.4 is 21.7 Å². The lowest BCUT2D eigenvalue weighted by Gasteiger charge is -2.24. The van der Waals surface area contributed by atoms with Gasteiger partial charge in [-0.2, -0.15) is 11.8 Å². The topological polar surface area (TPSA) is 130 Å². The Morgan fingerprint density at radius 3 is 2.26 bits per heavy atom. The number of nitrogens with one attached hydrogen (secondary N) is 3. The van der Waals surface area contributed by atoms with Gasteiger partial charge in [-0.05, 0) is 36.3 Å². The Hall–Kier alpha value is -2.39. The van der Waals surface area contributed by atoms with Crippen LogP contribution in [-0.2, 0) is 25.6 Å². The van der Waals surface area contributed by atoms with E-state index >= 15 is 0 Å². The maximum atomic E-state index is 13.1. The van der Waals surface area contributed by atoms with E-state index in [0.717, 1.165) is 5.56 Å². The van der Waals surface area contributed by atoms with Crippen LogP contribution in [0.3, 0.4) is 0 Å². The molecule has 0 aliphatic rings. The van der Waals surface area contributed by atoms with Gasteiger partial charge in [0, 0.05) is 6.42 Å². The van der Waals surface area contributed by atoms with Crippen LogP contribution in [0.15, 0.2) is 30.3 Å². The molecule has 0 aliphatic carbocycles. The Balaban J connectivity index is 2.96. The van der Waals surface area contributed by atoms with Crippen molar-refractivity contribution in [3.05, 3.63) is 35.9 Å². The summed E-state index contributed by atoms with van der Waals surface area (Å²) in [6.07, 6.45) is 3.64. The molecular formula is C22H34N4O4S. The first-order valence-electron chi connectivity index (χ1n) is 10.4. The van der Waals surface area contributed by atoms with E-state index in [1.807, 2.05) is 50.4 Å². The van der Waals surface area contributed by atoms with Gasteiger partial charge in [-0.3, -0.25) is 14.4 Å². The Morgan fingerprint density at radius 2 is 1.68 bits per heavy atom.